The number of halogens is 2. The first-order chi connectivity index (χ1) is 3.72. The Bertz CT molecular complexity index is 48.5. The van der Waals surface area contributed by atoms with Crippen LogP contribution >= 0.6 is 31.9 Å². The molecule has 0 aromatic carbocycles. The largest absolute Gasteiger partial charge is 0.0925 e. The maximum Gasteiger partial charge on any atom is 0.00701 e. The van der Waals surface area contributed by atoms with Crippen LogP contribution in [0, 0.1) is 11.8 Å². The molecule has 0 heterocycles. The van der Waals surface area contributed by atoms with Gasteiger partial charge >= 0.3 is 0 Å². The molecule has 0 saturated heterocycles. The summed E-state index contributed by atoms with van der Waals surface area (Å²) in [5, 5.41) is 2.21. The third-order valence-electron chi connectivity index (χ3n) is 1.34. The Morgan fingerprint density at radius 1 is 1.12 bits per heavy atom. The fraction of sp³-hybridized carbons (Fsp3) is 1.00. The number of alkyl halides is 2. The fourth-order valence-electron chi connectivity index (χ4n) is 0.398. The van der Waals surface area contributed by atoms with Crippen LogP contribution in [0.5, 0.6) is 0 Å². The summed E-state index contributed by atoms with van der Waals surface area (Å²) in [6, 6.07) is 0. The molecular formula is C6H12Br2. The molecule has 0 bridgehead atoms. The Labute approximate surface area is 68.3 Å². The van der Waals surface area contributed by atoms with E-state index in [1.807, 2.05) is 0 Å². The average molecular weight is 244 g/mol. The van der Waals surface area contributed by atoms with Gasteiger partial charge in [-0.05, 0) is 11.8 Å². The molecule has 0 atom stereocenters. The van der Waals surface area contributed by atoms with Gasteiger partial charge in [0.25, 0.3) is 0 Å². The highest BCUT2D eigenvalue weighted by Gasteiger charge is 2.08. The number of hydrogen-bond acceptors (Lipinski definition) is 0. The van der Waals surface area contributed by atoms with Gasteiger partial charge in [-0.2, -0.15) is 0 Å². The van der Waals surface area contributed by atoms with Crippen molar-refractivity contribution in [1.29, 1.82) is 0 Å². The van der Waals surface area contributed by atoms with Crippen LogP contribution in [0.25, 0.3) is 0 Å². The molecule has 0 aromatic rings. The average Bonchev–Trinajstić information content (AvgIpc) is 1.69. The SMILES string of the molecule is CC(C)C(CBr)CBr. The van der Waals surface area contributed by atoms with Crippen molar-refractivity contribution in [2.75, 3.05) is 10.7 Å². The minimum atomic E-state index is 0.786. The highest BCUT2D eigenvalue weighted by Crippen LogP contribution is 2.15. The van der Waals surface area contributed by atoms with Gasteiger partial charge in [0.05, 0.1) is 0 Å². The Kier molecular flexibility index (Phi) is 5.38. The highest BCUT2D eigenvalue weighted by atomic mass is 79.9. The Hall–Kier alpha value is 0.960. The molecule has 0 aliphatic carbocycles. The summed E-state index contributed by atoms with van der Waals surface area (Å²) in [6.45, 7) is 4.49. The Morgan fingerprint density at radius 3 is 1.50 bits per heavy atom. The molecule has 2 heteroatoms. The summed E-state index contributed by atoms with van der Waals surface area (Å²) >= 11 is 6.89. The first-order valence-electron chi connectivity index (χ1n) is 2.84. The topological polar surface area (TPSA) is 0 Å². The van der Waals surface area contributed by atoms with Gasteiger partial charge in [-0.15, -0.1) is 0 Å². The van der Waals surface area contributed by atoms with Crippen molar-refractivity contribution >= 4 is 31.9 Å². The molecular weight excluding hydrogens is 232 g/mol. The monoisotopic (exact) mass is 242 g/mol. The van der Waals surface area contributed by atoms with Crippen LogP contribution in [-0.4, -0.2) is 10.7 Å². The zero-order valence-electron chi connectivity index (χ0n) is 5.32. The summed E-state index contributed by atoms with van der Waals surface area (Å²) in [4.78, 5) is 0. The van der Waals surface area contributed by atoms with Crippen LogP contribution in [0.2, 0.25) is 0 Å². The first kappa shape index (κ1) is 8.96. The summed E-state index contributed by atoms with van der Waals surface area (Å²) in [5.41, 5.74) is 0. The van der Waals surface area contributed by atoms with Gasteiger partial charge in [0.15, 0.2) is 0 Å². The van der Waals surface area contributed by atoms with Gasteiger partial charge < -0.3 is 0 Å². The van der Waals surface area contributed by atoms with E-state index in [0.29, 0.717) is 0 Å². The quantitative estimate of drug-likeness (QED) is 0.669. The second-order valence-corrected chi connectivity index (χ2v) is 3.61. The van der Waals surface area contributed by atoms with E-state index in [0.717, 1.165) is 22.5 Å². The lowest BCUT2D eigenvalue weighted by molar-refractivity contribution is 0.477. The summed E-state index contributed by atoms with van der Waals surface area (Å²) < 4.78 is 0. The second kappa shape index (κ2) is 4.80. The number of hydrogen-bond donors (Lipinski definition) is 0. The molecule has 0 aliphatic heterocycles. The molecule has 0 unspecified atom stereocenters. The van der Waals surface area contributed by atoms with Gasteiger partial charge in [-0.3, -0.25) is 0 Å². The minimum Gasteiger partial charge on any atom is -0.0925 e. The van der Waals surface area contributed by atoms with Gasteiger partial charge in [0.1, 0.15) is 0 Å². The van der Waals surface area contributed by atoms with Crippen molar-refractivity contribution in [3.63, 3.8) is 0 Å². The molecule has 0 aromatic heterocycles. The molecule has 50 valence electrons. The van der Waals surface area contributed by atoms with Crippen molar-refractivity contribution in [1.82, 2.24) is 0 Å². The van der Waals surface area contributed by atoms with E-state index in [2.05, 4.69) is 45.7 Å². The lowest BCUT2D eigenvalue weighted by atomic mass is 10.0. The Balaban J connectivity index is 3.35. The van der Waals surface area contributed by atoms with E-state index in [4.69, 9.17) is 0 Å². The summed E-state index contributed by atoms with van der Waals surface area (Å²) in [7, 11) is 0. The second-order valence-electron chi connectivity index (χ2n) is 2.31. The van der Waals surface area contributed by atoms with E-state index >= 15 is 0 Å². The smallest absolute Gasteiger partial charge is 0.00701 e. The van der Waals surface area contributed by atoms with Crippen molar-refractivity contribution in [3.05, 3.63) is 0 Å². The molecule has 8 heavy (non-hydrogen) atoms. The minimum absolute atomic E-state index is 0.786. The molecule has 0 radical (unpaired) electrons. The maximum atomic E-state index is 3.45. The summed E-state index contributed by atoms with van der Waals surface area (Å²) in [5.74, 6) is 1.57. The van der Waals surface area contributed by atoms with Gasteiger partial charge in [-0.25, -0.2) is 0 Å². The van der Waals surface area contributed by atoms with Gasteiger partial charge in [0.2, 0.25) is 0 Å². The van der Waals surface area contributed by atoms with Crippen LogP contribution in [-0.2, 0) is 0 Å². The third-order valence-corrected chi connectivity index (χ3v) is 3.00. The molecule has 0 spiro atoms. The van der Waals surface area contributed by atoms with Crippen LogP contribution < -0.4 is 0 Å². The molecule has 0 aliphatic rings. The van der Waals surface area contributed by atoms with Crippen LogP contribution in [0.1, 0.15) is 13.8 Å². The van der Waals surface area contributed by atoms with Crippen molar-refractivity contribution in [2.45, 2.75) is 13.8 Å². The molecule has 0 amide bonds. The van der Waals surface area contributed by atoms with Gasteiger partial charge in [-0.1, -0.05) is 45.7 Å². The van der Waals surface area contributed by atoms with Crippen LogP contribution in [0.4, 0.5) is 0 Å². The van der Waals surface area contributed by atoms with E-state index in [1.54, 1.807) is 0 Å². The fourth-order valence-corrected chi connectivity index (χ4v) is 2.97. The zero-order valence-corrected chi connectivity index (χ0v) is 8.50. The summed E-state index contributed by atoms with van der Waals surface area (Å²) in [6.07, 6.45) is 0. The number of rotatable bonds is 3. The molecule has 0 fully saturated rings. The predicted molar refractivity (Wildman–Crippen MR) is 45.9 cm³/mol. The van der Waals surface area contributed by atoms with Gasteiger partial charge in [0, 0.05) is 10.7 Å². The van der Waals surface area contributed by atoms with Crippen LogP contribution in [0.3, 0.4) is 0 Å². The Morgan fingerprint density at radius 2 is 1.50 bits per heavy atom. The highest BCUT2D eigenvalue weighted by molar-refractivity contribution is 9.09. The lowest BCUT2D eigenvalue weighted by Crippen LogP contribution is -2.10. The molecule has 0 N–H and O–H groups in total. The van der Waals surface area contributed by atoms with E-state index in [-0.39, 0.29) is 0 Å². The standard InChI is InChI=1S/C6H12Br2/c1-5(2)6(3-7)4-8/h5-6H,3-4H2,1-2H3. The van der Waals surface area contributed by atoms with Crippen molar-refractivity contribution < 1.29 is 0 Å². The lowest BCUT2D eigenvalue weighted by Gasteiger charge is -2.13. The first-order valence-corrected chi connectivity index (χ1v) is 5.08. The van der Waals surface area contributed by atoms with Crippen molar-refractivity contribution in [3.8, 4) is 0 Å². The zero-order chi connectivity index (χ0) is 6.57. The normalized spacial score (nSPS) is 11.2. The van der Waals surface area contributed by atoms with E-state index < -0.39 is 0 Å². The molecule has 0 rings (SSSR count). The predicted octanol–water partition coefficient (Wildman–Crippen LogP) is 3.05. The maximum absolute atomic E-state index is 3.45. The van der Waals surface area contributed by atoms with E-state index in [1.165, 1.54) is 0 Å². The van der Waals surface area contributed by atoms with E-state index in [9.17, 15) is 0 Å². The molecule has 0 saturated carbocycles. The third kappa shape index (κ3) is 3.08. The van der Waals surface area contributed by atoms with Crippen LogP contribution in [0.15, 0.2) is 0 Å². The molecule has 0 nitrogen and oxygen atoms in total. The van der Waals surface area contributed by atoms with Crippen molar-refractivity contribution in [2.24, 2.45) is 11.8 Å².